The van der Waals surface area contributed by atoms with Crippen molar-refractivity contribution in [2.24, 2.45) is 0 Å². The Hall–Kier alpha value is -0.930. The van der Waals surface area contributed by atoms with Crippen LogP contribution in [0.25, 0.3) is 0 Å². The lowest BCUT2D eigenvalue weighted by Gasteiger charge is -2.08. The summed E-state index contributed by atoms with van der Waals surface area (Å²) in [4.78, 5) is 14.0. The van der Waals surface area contributed by atoms with Gasteiger partial charge in [-0.3, -0.25) is 4.79 Å². The Balaban J connectivity index is 2.91. The van der Waals surface area contributed by atoms with Crippen molar-refractivity contribution in [3.8, 4) is 0 Å². The Kier molecular flexibility index (Phi) is 6.82. The van der Waals surface area contributed by atoms with E-state index in [1.807, 2.05) is 24.5 Å². The van der Waals surface area contributed by atoms with Crippen molar-refractivity contribution < 1.29 is 4.79 Å². The monoisotopic (exact) mass is 264 g/mol. The van der Waals surface area contributed by atoms with Crippen LogP contribution >= 0.6 is 23.5 Å². The van der Waals surface area contributed by atoms with Crippen molar-refractivity contribution in [3.05, 3.63) is 52.3 Å². The summed E-state index contributed by atoms with van der Waals surface area (Å²) >= 11 is 3.30. The van der Waals surface area contributed by atoms with Crippen LogP contribution in [0.2, 0.25) is 0 Å². The van der Waals surface area contributed by atoms with Crippen molar-refractivity contribution in [3.63, 3.8) is 0 Å². The van der Waals surface area contributed by atoms with Gasteiger partial charge in [0.05, 0.1) is 0 Å². The number of hydrogen-bond donors (Lipinski definition) is 0. The maximum Gasteiger partial charge on any atom is 0.143 e. The van der Waals surface area contributed by atoms with Gasteiger partial charge in [0.1, 0.15) is 6.29 Å². The number of rotatable bonds is 6. The number of hydrogen-bond acceptors (Lipinski definition) is 3. The molecule has 0 radical (unpaired) electrons. The molecule has 0 heterocycles. The van der Waals surface area contributed by atoms with Crippen LogP contribution in [0, 0.1) is 0 Å². The van der Waals surface area contributed by atoms with E-state index in [-0.39, 0.29) is 0 Å². The predicted octanol–water partition coefficient (Wildman–Crippen LogP) is 4.52. The summed E-state index contributed by atoms with van der Waals surface area (Å²) in [6.07, 6.45) is 7.59. The topological polar surface area (TPSA) is 17.1 Å². The minimum absolute atomic E-state index is 0.848. The number of allylic oxidation sites excluding steroid dienone is 2. The fourth-order valence-corrected chi connectivity index (χ4v) is 3.12. The van der Waals surface area contributed by atoms with Crippen molar-refractivity contribution in [1.82, 2.24) is 0 Å². The third-order valence-electron chi connectivity index (χ3n) is 2.04. The molecule has 0 aliphatic heterocycles. The molecule has 0 spiro atoms. The van der Waals surface area contributed by atoms with Gasteiger partial charge >= 0.3 is 0 Å². The number of carbonyl (C=O) groups excluding carboxylic acids is 1. The molecule has 0 bridgehead atoms. The highest BCUT2D eigenvalue weighted by Crippen LogP contribution is 2.36. The van der Waals surface area contributed by atoms with Gasteiger partial charge in [-0.1, -0.05) is 43.0 Å². The second kappa shape index (κ2) is 8.20. The molecule has 17 heavy (non-hydrogen) atoms. The SMILES string of the molecule is CC/C=C(Sc1ccccc1)\C(=C/C=O)SC. The van der Waals surface area contributed by atoms with E-state index in [1.165, 1.54) is 4.90 Å². The minimum atomic E-state index is 0.848. The second-order valence-electron chi connectivity index (χ2n) is 3.26. The van der Waals surface area contributed by atoms with E-state index in [0.29, 0.717) is 0 Å². The van der Waals surface area contributed by atoms with Gasteiger partial charge in [-0.15, -0.1) is 11.8 Å². The van der Waals surface area contributed by atoms with Crippen LogP contribution in [0.1, 0.15) is 13.3 Å². The molecule has 0 amide bonds. The van der Waals surface area contributed by atoms with Crippen molar-refractivity contribution in [1.29, 1.82) is 0 Å². The molecule has 0 N–H and O–H groups in total. The molecule has 0 saturated carbocycles. The summed E-state index contributed by atoms with van der Waals surface area (Å²) in [7, 11) is 0. The summed E-state index contributed by atoms with van der Waals surface area (Å²) in [6.45, 7) is 2.10. The zero-order chi connectivity index (χ0) is 12.5. The summed E-state index contributed by atoms with van der Waals surface area (Å²) in [5, 5.41) is 0. The van der Waals surface area contributed by atoms with Crippen LogP contribution in [0.3, 0.4) is 0 Å². The standard InChI is InChI=1S/C14H16OS2/c1-3-7-14(13(16-2)10-11-15)17-12-8-5-4-6-9-12/h4-11H,3H2,1-2H3/b13-10+,14-7+. The average Bonchev–Trinajstić information content (AvgIpc) is 2.37. The Bertz CT molecular complexity index is 407. The molecule has 1 nitrogen and oxygen atoms in total. The highest BCUT2D eigenvalue weighted by Gasteiger charge is 2.05. The van der Waals surface area contributed by atoms with Crippen LogP contribution in [-0.2, 0) is 4.79 Å². The third-order valence-corrected chi connectivity index (χ3v) is 4.08. The molecule has 0 aliphatic rings. The molecule has 0 unspecified atom stereocenters. The van der Waals surface area contributed by atoms with Gasteiger partial charge < -0.3 is 0 Å². The predicted molar refractivity (Wildman–Crippen MR) is 78.3 cm³/mol. The molecular weight excluding hydrogens is 248 g/mol. The molecule has 0 saturated heterocycles. The first-order chi connectivity index (χ1) is 8.31. The number of aldehydes is 1. The number of benzene rings is 1. The number of carbonyl (C=O) groups is 1. The second-order valence-corrected chi connectivity index (χ2v) is 5.23. The molecule has 0 aromatic heterocycles. The van der Waals surface area contributed by atoms with E-state index in [4.69, 9.17) is 0 Å². The Morgan fingerprint density at radius 3 is 2.47 bits per heavy atom. The summed E-state index contributed by atoms with van der Waals surface area (Å²) in [5.74, 6) is 0. The van der Waals surface area contributed by atoms with E-state index in [1.54, 1.807) is 29.6 Å². The van der Waals surface area contributed by atoms with E-state index in [9.17, 15) is 4.79 Å². The van der Waals surface area contributed by atoms with Gasteiger partial charge in [-0.25, -0.2) is 0 Å². The van der Waals surface area contributed by atoms with Crippen LogP contribution in [-0.4, -0.2) is 12.5 Å². The van der Waals surface area contributed by atoms with Gasteiger partial charge in [0.25, 0.3) is 0 Å². The van der Waals surface area contributed by atoms with Gasteiger partial charge in [-0.2, -0.15) is 0 Å². The molecule has 0 atom stereocenters. The van der Waals surface area contributed by atoms with Gasteiger partial charge in [0.15, 0.2) is 0 Å². The first-order valence-electron chi connectivity index (χ1n) is 5.44. The molecular formula is C14H16OS2. The highest BCUT2D eigenvalue weighted by atomic mass is 32.2. The Labute approximate surface area is 111 Å². The molecule has 1 aromatic rings. The maximum absolute atomic E-state index is 10.6. The maximum atomic E-state index is 10.6. The van der Waals surface area contributed by atoms with Crippen molar-refractivity contribution in [2.75, 3.05) is 6.26 Å². The van der Waals surface area contributed by atoms with Crippen LogP contribution in [0.5, 0.6) is 0 Å². The minimum Gasteiger partial charge on any atom is -0.299 e. The Morgan fingerprint density at radius 2 is 1.94 bits per heavy atom. The van der Waals surface area contributed by atoms with Crippen LogP contribution < -0.4 is 0 Å². The van der Waals surface area contributed by atoms with E-state index in [2.05, 4.69) is 25.1 Å². The molecule has 1 aromatic carbocycles. The van der Waals surface area contributed by atoms with Crippen molar-refractivity contribution in [2.45, 2.75) is 18.2 Å². The fraction of sp³-hybridized carbons (Fsp3) is 0.214. The molecule has 3 heteroatoms. The van der Waals surface area contributed by atoms with Crippen LogP contribution in [0.4, 0.5) is 0 Å². The summed E-state index contributed by atoms with van der Waals surface area (Å²) in [6, 6.07) is 10.2. The smallest absolute Gasteiger partial charge is 0.143 e. The first-order valence-corrected chi connectivity index (χ1v) is 7.48. The number of thioether (sulfide) groups is 2. The lowest BCUT2D eigenvalue weighted by atomic mass is 10.4. The summed E-state index contributed by atoms with van der Waals surface area (Å²) < 4.78 is 0. The average molecular weight is 264 g/mol. The molecule has 90 valence electrons. The van der Waals surface area contributed by atoms with Crippen LogP contribution in [0.15, 0.2) is 57.2 Å². The molecule has 0 aliphatic carbocycles. The van der Waals surface area contributed by atoms with Gasteiger partial charge in [-0.05, 0) is 30.9 Å². The highest BCUT2D eigenvalue weighted by molar-refractivity contribution is 8.08. The lowest BCUT2D eigenvalue weighted by Crippen LogP contribution is -1.83. The zero-order valence-electron chi connectivity index (χ0n) is 10.1. The van der Waals surface area contributed by atoms with E-state index < -0.39 is 0 Å². The Morgan fingerprint density at radius 1 is 1.24 bits per heavy atom. The lowest BCUT2D eigenvalue weighted by molar-refractivity contribution is -0.104. The van der Waals surface area contributed by atoms with Crippen molar-refractivity contribution >= 4 is 29.8 Å². The first kappa shape index (κ1) is 14.1. The van der Waals surface area contributed by atoms with E-state index in [0.717, 1.165) is 22.5 Å². The summed E-state index contributed by atoms with van der Waals surface area (Å²) in [5.41, 5.74) is 0. The van der Waals surface area contributed by atoms with E-state index >= 15 is 0 Å². The zero-order valence-corrected chi connectivity index (χ0v) is 11.7. The molecule has 1 rings (SSSR count). The molecule has 0 fully saturated rings. The normalized spacial score (nSPS) is 12.6. The fourth-order valence-electron chi connectivity index (χ4n) is 1.31. The largest absolute Gasteiger partial charge is 0.299 e. The van der Waals surface area contributed by atoms with Gasteiger partial charge in [0.2, 0.25) is 0 Å². The third kappa shape index (κ3) is 4.84. The quantitative estimate of drug-likeness (QED) is 0.325. The van der Waals surface area contributed by atoms with Gasteiger partial charge in [0, 0.05) is 14.7 Å².